The van der Waals surface area contributed by atoms with Gasteiger partial charge in [0, 0.05) is 5.69 Å². The fraction of sp³-hybridized carbons (Fsp3) is 0.533. The van der Waals surface area contributed by atoms with E-state index < -0.39 is 23.5 Å². The summed E-state index contributed by atoms with van der Waals surface area (Å²) in [7, 11) is 0. The van der Waals surface area contributed by atoms with E-state index in [-0.39, 0.29) is 5.56 Å². The van der Waals surface area contributed by atoms with Gasteiger partial charge in [0.1, 0.15) is 11.6 Å². The average molecular weight is 292 g/mol. The standard InChI is InChI=1S/C15H20N2O4/c1-2-5-12(15(20)21)17-14(19)10-8-9-6-3-4-7-11(9)16-13(10)18/h8,12H,2-7H2,1H3,(H,16,18)(H,17,19)(H,20,21). The van der Waals surface area contributed by atoms with Crippen LogP contribution in [0.2, 0.25) is 0 Å². The molecule has 1 aliphatic rings. The van der Waals surface area contributed by atoms with Crippen molar-refractivity contribution in [2.75, 3.05) is 0 Å². The van der Waals surface area contributed by atoms with Gasteiger partial charge < -0.3 is 15.4 Å². The van der Waals surface area contributed by atoms with Gasteiger partial charge in [0.05, 0.1) is 0 Å². The third-order valence-corrected chi connectivity index (χ3v) is 3.76. The zero-order valence-electron chi connectivity index (χ0n) is 12.1. The van der Waals surface area contributed by atoms with Crippen molar-refractivity contribution in [2.45, 2.75) is 51.5 Å². The van der Waals surface area contributed by atoms with E-state index >= 15 is 0 Å². The topological polar surface area (TPSA) is 99.3 Å². The van der Waals surface area contributed by atoms with Crippen molar-refractivity contribution in [3.05, 3.63) is 33.2 Å². The number of fused-ring (bicyclic) bond motifs is 1. The molecule has 0 radical (unpaired) electrons. The maximum atomic E-state index is 12.1. The molecule has 3 N–H and O–H groups in total. The average Bonchev–Trinajstić information content (AvgIpc) is 2.45. The minimum Gasteiger partial charge on any atom is -0.480 e. The van der Waals surface area contributed by atoms with Crippen molar-refractivity contribution in [3.8, 4) is 0 Å². The molecule has 1 atom stereocenters. The number of carbonyl (C=O) groups excluding carboxylic acids is 1. The Kier molecular flexibility index (Phi) is 4.77. The molecule has 0 fully saturated rings. The molecule has 1 aromatic heterocycles. The van der Waals surface area contributed by atoms with Gasteiger partial charge in [-0.05, 0) is 43.7 Å². The van der Waals surface area contributed by atoms with Gasteiger partial charge in [0.25, 0.3) is 11.5 Å². The number of amides is 1. The molecule has 2 rings (SSSR count). The van der Waals surface area contributed by atoms with Crippen LogP contribution in [0.3, 0.4) is 0 Å². The highest BCUT2D eigenvalue weighted by Crippen LogP contribution is 2.18. The van der Waals surface area contributed by atoms with Crippen LogP contribution in [0.4, 0.5) is 0 Å². The van der Waals surface area contributed by atoms with Crippen molar-refractivity contribution in [2.24, 2.45) is 0 Å². The number of aliphatic carboxylic acids is 1. The van der Waals surface area contributed by atoms with Gasteiger partial charge in [-0.25, -0.2) is 4.79 Å². The van der Waals surface area contributed by atoms with Crippen molar-refractivity contribution >= 4 is 11.9 Å². The van der Waals surface area contributed by atoms with E-state index in [2.05, 4.69) is 10.3 Å². The summed E-state index contributed by atoms with van der Waals surface area (Å²) in [6.45, 7) is 1.84. The largest absolute Gasteiger partial charge is 0.480 e. The molecule has 0 spiro atoms. The number of carbonyl (C=O) groups is 2. The highest BCUT2D eigenvalue weighted by Gasteiger charge is 2.22. The van der Waals surface area contributed by atoms with Crippen LogP contribution < -0.4 is 10.9 Å². The summed E-state index contributed by atoms with van der Waals surface area (Å²) in [6, 6.07) is 0.644. The minimum absolute atomic E-state index is 0.00185. The summed E-state index contributed by atoms with van der Waals surface area (Å²) in [5.74, 6) is -1.70. The Balaban J connectivity index is 2.22. The van der Waals surface area contributed by atoms with E-state index in [1.165, 1.54) is 0 Å². The Hall–Kier alpha value is -2.11. The maximum absolute atomic E-state index is 12.1. The van der Waals surface area contributed by atoms with Crippen LogP contribution >= 0.6 is 0 Å². The molecule has 1 amide bonds. The fourth-order valence-corrected chi connectivity index (χ4v) is 2.63. The zero-order valence-corrected chi connectivity index (χ0v) is 12.1. The molecule has 0 saturated heterocycles. The first kappa shape index (κ1) is 15.3. The van der Waals surface area contributed by atoms with E-state index in [0.717, 1.165) is 36.9 Å². The quantitative estimate of drug-likeness (QED) is 0.760. The smallest absolute Gasteiger partial charge is 0.326 e. The Bertz CT molecular complexity index is 606. The first-order chi connectivity index (χ1) is 10.0. The maximum Gasteiger partial charge on any atom is 0.326 e. The van der Waals surface area contributed by atoms with Gasteiger partial charge in [-0.15, -0.1) is 0 Å². The summed E-state index contributed by atoms with van der Waals surface area (Å²) in [4.78, 5) is 37.9. The van der Waals surface area contributed by atoms with Crippen LogP contribution in [-0.4, -0.2) is 28.0 Å². The van der Waals surface area contributed by atoms with E-state index in [4.69, 9.17) is 5.11 Å². The number of aryl methyl sites for hydroxylation is 2. The number of aromatic nitrogens is 1. The van der Waals surface area contributed by atoms with Crippen molar-refractivity contribution in [1.82, 2.24) is 10.3 Å². The molecular formula is C15H20N2O4. The summed E-state index contributed by atoms with van der Waals surface area (Å²) in [6.07, 6.45) is 4.70. The highest BCUT2D eigenvalue weighted by atomic mass is 16.4. The van der Waals surface area contributed by atoms with E-state index in [9.17, 15) is 14.4 Å². The normalized spacial score (nSPS) is 15.1. The first-order valence-corrected chi connectivity index (χ1v) is 7.31. The molecule has 114 valence electrons. The Morgan fingerprint density at radius 3 is 2.76 bits per heavy atom. The second-order valence-electron chi connectivity index (χ2n) is 5.38. The molecule has 1 aromatic rings. The summed E-state index contributed by atoms with van der Waals surface area (Å²) in [5, 5.41) is 11.5. The lowest BCUT2D eigenvalue weighted by atomic mass is 9.95. The predicted molar refractivity (Wildman–Crippen MR) is 77.5 cm³/mol. The SMILES string of the molecule is CCCC(NC(=O)c1cc2c([nH]c1=O)CCCC2)C(=O)O. The predicted octanol–water partition coefficient (Wildman–Crippen LogP) is 1.24. The Morgan fingerprint density at radius 1 is 1.38 bits per heavy atom. The third-order valence-electron chi connectivity index (χ3n) is 3.76. The number of H-pyrrole nitrogens is 1. The molecule has 0 aromatic carbocycles. The van der Waals surface area contributed by atoms with Crippen LogP contribution in [0.1, 0.15) is 54.2 Å². The number of carboxylic acid groups (broad SMARTS) is 1. The lowest BCUT2D eigenvalue weighted by Gasteiger charge is -2.17. The number of pyridine rings is 1. The van der Waals surface area contributed by atoms with Crippen LogP contribution in [0.5, 0.6) is 0 Å². The molecule has 21 heavy (non-hydrogen) atoms. The minimum atomic E-state index is -1.08. The summed E-state index contributed by atoms with van der Waals surface area (Å²) in [5.41, 5.74) is 1.42. The van der Waals surface area contributed by atoms with Crippen LogP contribution in [-0.2, 0) is 17.6 Å². The summed E-state index contributed by atoms with van der Waals surface area (Å²) < 4.78 is 0. The van der Waals surface area contributed by atoms with Crippen LogP contribution in [0.15, 0.2) is 10.9 Å². The first-order valence-electron chi connectivity index (χ1n) is 7.31. The molecule has 1 unspecified atom stereocenters. The number of rotatable bonds is 5. The number of hydrogen-bond acceptors (Lipinski definition) is 3. The fourth-order valence-electron chi connectivity index (χ4n) is 2.63. The second-order valence-corrected chi connectivity index (χ2v) is 5.38. The van der Waals surface area contributed by atoms with Crippen molar-refractivity contribution < 1.29 is 14.7 Å². The molecule has 0 aliphatic heterocycles. The van der Waals surface area contributed by atoms with Gasteiger partial charge in [-0.2, -0.15) is 0 Å². The highest BCUT2D eigenvalue weighted by molar-refractivity contribution is 5.96. The Labute approximate surface area is 122 Å². The molecule has 6 heteroatoms. The molecule has 0 bridgehead atoms. The molecule has 6 nitrogen and oxygen atoms in total. The summed E-state index contributed by atoms with van der Waals surface area (Å²) >= 11 is 0. The molecule has 1 aliphatic carbocycles. The van der Waals surface area contributed by atoms with Gasteiger partial charge >= 0.3 is 5.97 Å². The third kappa shape index (κ3) is 3.51. The van der Waals surface area contributed by atoms with Crippen molar-refractivity contribution in [3.63, 3.8) is 0 Å². The van der Waals surface area contributed by atoms with Gasteiger partial charge in [0.15, 0.2) is 0 Å². The number of nitrogens with one attached hydrogen (secondary N) is 2. The monoisotopic (exact) mass is 292 g/mol. The van der Waals surface area contributed by atoms with E-state index in [1.54, 1.807) is 6.07 Å². The second kappa shape index (κ2) is 6.56. The zero-order chi connectivity index (χ0) is 15.4. The molecule has 1 heterocycles. The number of carboxylic acids is 1. The van der Waals surface area contributed by atoms with E-state index in [1.807, 2.05) is 6.92 Å². The molecular weight excluding hydrogens is 272 g/mol. The molecule has 0 saturated carbocycles. The van der Waals surface area contributed by atoms with Gasteiger partial charge in [-0.3, -0.25) is 9.59 Å². The van der Waals surface area contributed by atoms with Crippen molar-refractivity contribution in [1.29, 1.82) is 0 Å². The van der Waals surface area contributed by atoms with E-state index in [0.29, 0.717) is 12.8 Å². The van der Waals surface area contributed by atoms with Gasteiger partial charge in [-0.1, -0.05) is 13.3 Å². The number of aromatic amines is 1. The Morgan fingerprint density at radius 2 is 2.10 bits per heavy atom. The lowest BCUT2D eigenvalue weighted by Crippen LogP contribution is -2.42. The van der Waals surface area contributed by atoms with Crippen LogP contribution in [0, 0.1) is 0 Å². The van der Waals surface area contributed by atoms with Crippen LogP contribution in [0.25, 0.3) is 0 Å². The van der Waals surface area contributed by atoms with Gasteiger partial charge in [0.2, 0.25) is 0 Å². The lowest BCUT2D eigenvalue weighted by molar-refractivity contribution is -0.139. The number of hydrogen-bond donors (Lipinski definition) is 3.